The summed E-state index contributed by atoms with van der Waals surface area (Å²) in [6.07, 6.45) is 0.459. The summed E-state index contributed by atoms with van der Waals surface area (Å²) in [5.74, 6) is -0.537. The second-order valence-electron chi connectivity index (χ2n) is 6.76. The predicted molar refractivity (Wildman–Crippen MR) is 110 cm³/mol. The molecule has 0 aliphatic carbocycles. The van der Waals surface area contributed by atoms with E-state index in [1.54, 1.807) is 29.1 Å². The number of aryl methyl sites for hydroxylation is 1. The van der Waals surface area contributed by atoms with Crippen molar-refractivity contribution in [3.8, 4) is 5.69 Å². The fraction of sp³-hybridized carbons (Fsp3) is 0.300. The monoisotopic (exact) mass is 431 g/mol. The molecule has 29 heavy (non-hydrogen) atoms. The molecule has 0 amide bonds. The van der Waals surface area contributed by atoms with Gasteiger partial charge < -0.3 is 4.74 Å². The second kappa shape index (κ2) is 7.74. The van der Waals surface area contributed by atoms with Crippen LogP contribution >= 0.6 is 11.3 Å². The van der Waals surface area contributed by atoms with Gasteiger partial charge in [-0.3, -0.25) is 0 Å². The molecule has 0 fully saturated rings. The molecule has 0 radical (unpaired) electrons. The molecular weight excluding hydrogens is 410 g/mol. The van der Waals surface area contributed by atoms with Crippen molar-refractivity contribution in [3.05, 3.63) is 64.3 Å². The molecule has 1 aromatic carbocycles. The van der Waals surface area contributed by atoms with Gasteiger partial charge in [-0.05, 0) is 37.4 Å². The topological polar surface area (TPSA) is 81.5 Å². The van der Waals surface area contributed by atoms with E-state index >= 15 is 0 Å². The Hall–Kier alpha value is -2.49. The highest BCUT2D eigenvalue weighted by atomic mass is 32.2. The van der Waals surface area contributed by atoms with Crippen LogP contribution in [0.25, 0.3) is 5.69 Å². The van der Waals surface area contributed by atoms with Crippen LogP contribution in [0.5, 0.6) is 0 Å². The van der Waals surface area contributed by atoms with Gasteiger partial charge in [0.2, 0.25) is 0 Å². The van der Waals surface area contributed by atoms with E-state index in [2.05, 4.69) is 5.10 Å². The number of ether oxygens (including phenoxy) is 1. The number of fused-ring (bicyclic) bond motifs is 1. The molecule has 0 unspecified atom stereocenters. The summed E-state index contributed by atoms with van der Waals surface area (Å²) >= 11 is 1.18. The predicted octanol–water partition coefficient (Wildman–Crippen LogP) is 3.17. The number of esters is 1. The third-order valence-corrected chi connectivity index (χ3v) is 8.08. The van der Waals surface area contributed by atoms with Gasteiger partial charge in [-0.25, -0.2) is 17.9 Å². The molecule has 0 spiro atoms. The third-order valence-electron chi connectivity index (χ3n) is 4.86. The van der Waals surface area contributed by atoms with Crippen LogP contribution in [0, 0.1) is 6.92 Å². The van der Waals surface area contributed by atoms with Crippen LogP contribution in [0.1, 0.15) is 34.2 Å². The van der Waals surface area contributed by atoms with Crippen LogP contribution in [-0.2, 0) is 27.7 Å². The number of hydrogen-bond donors (Lipinski definition) is 0. The molecule has 3 heterocycles. The molecule has 4 rings (SSSR count). The minimum Gasteiger partial charge on any atom is -0.461 e. The largest absolute Gasteiger partial charge is 0.461 e. The summed E-state index contributed by atoms with van der Waals surface area (Å²) in [6.45, 7) is 4.37. The highest BCUT2D eigenvalue weighted by molar-refractivity contribution is 7.91. The van der Waals surface area contributed by atoms with Gasteiger partial charge >= 0.3 is 5.97 Å². The third kappa shape index (κ3) is 3.61. The first-order chi connectivity index (χ1) is 13.9. The zero-order chi connectivity index (χ0) is 20.6. The van der Waals surface area contributed by atoms with E-state index < -0.39 is 16.0 Å². The van der Waals surface area contributed by atoms with Crippen molar-refractivity contribution < 1.29 is 17.9 Å². The van der Waals surface area contributed by atoms with Gasteiger partial charge in [0.1, 0.15) is 4.21 Å². The molecule has 0 atom stereocenters. The average molecular weight is 432 g/mol. The lowest BCUT2D eigenvalue weighted by atomic mass is 10.1. The molecule has 2 aromatic heterocycles. The molecule has 0 N–H and O–H groups in total. The Bertz CT molecular complexity index is 1130. The maximum Gasteiger partial charge on any atom is 0.359 e. The summed E-state index contributed by atoms with van der Waals surface area (Å²) < 4.78 is 34.6. The van der Waals surface area contributed by atoms with Crippen molar-refractivity contribution in [1.82, 2.24) is 14.1 Å². The van der Waals surface area contributed by atoms with Crippen molar-refractivity contribution in [2.45, 2.75) is 31.0 Å². The standard InChI is InChI=1S/C20H21N3O4S2/c1-3-27-20(24)19-16-13-22(29(25,26)18-5-4-12-28-18)11-10-17(16)23(21-19)15-8-6-14(2)7-9-15/h4-9,12H,3,10-11,13H2,1-2H3. The Morgan fingerprint density at radius 2 is 2.00 bits per heavy atom. The summed E-state index contributed by atoms with van der Waals surface area (Å²) in [6, 6.07) is 11.1. The number of sulfonamides is 1. The SMILES string of the molecule is CCOC(=O)c1nn(-c2ccc(C)cc2)c2c1CN(S(=O)(=O)c1cccs1)CC2. The number of nitrogens with zero attached hydrogens (tertiary/aromatic N) is 3. The van der Waals surface area contributed by atoms with Crippen LogP contribution in [0.15, 0.2) is 46.0 Å². The Balaban J connectivity index is 1.77. The van der Waals surface area contributed by atoms with Crippen LogP contribution in [0.2, 0.25) is 0 Å². The first-order valence-electron chi connectivity index (χ1n) is 9.30. The van der Waals surface area contributed by atoms with Gasteiger partial charge in [0.25, 0.3) is 10.0 Å². The molecule has 1 aliphatic rings. The zero-order valence-corrected chi connectivity index (χ0v) is 17.8. The van der Waals surface area contributed by atoms with E-state index in [1.807, 2.05) is 31.2 Å². The average Bonchev–Trinajstić information content (AvgIpc) is 3.37. The van der Waals surface area contributed by atoms with Crippen molar-refractivity contribution in [2.24, 2.45) is 0 Å². The Kier molecular flexibility index (Phi) is 5.28. The van der Waals surface area contributed by atoms with Gasteiger partial charge in [0.15, 0.2) is 5.69 Å². The highest BCUT2D eigenvalue weighted by Crippen LogP contribution is 2.30. The van der Waals surface area contributed by atoms with Crippen LogP contribution < -0.4 is 0 Å². The lowest BCUT2D eigenvalue weighted by molar-refractivity contribution is 0.0517. The van der Waals surface area contributed by atoms with Gasteiger partial charge in [0, 0.05) is 25.1 Å². The van der Waals surface area contributed by atoms with E-state index in [9.17, 15) is 13.2 Å². The normalized spacial score (nSPS) is 14.6. The van der Waals surface area contributed by atoms with Gasteiger partial charge in [-0.15, -0.1) is 11.3 Å². The second-order valence-corrected chi connectivity index (χ2v) is 9.87. The molecule has 3 aromatic rings. The van der Waals surface area contributed by atoms with Gasteiger partial charge in [0.05, 0.1) is 18.0 Å². The molecule has 1 aliphatic heterocycles. The maximum atomic E-state index is 13.0. The molecule has 0 bridgehead atoms. The number of benzene rings is 1. The van der Waals surface area contributed by atoms with Crippen LogP contribution in [0.4, 0.5) is 0 Å². The number of rotatable bonds is 5. The lowest BCUT2D eigenvalue weighted by Crippen LogP contribution is -2.36. The lowest BCUT2D eigenvalue weighted by Gasteiger charge is -2.26. The molecule has 0 saturated heterocycles. The number of aromatic nitrogens is 2. The quantitative estimate of drug-likeness (QED) is 0.580. The Morgan fingerprint density at radius 1 is 1.24 bits per heavy atom. The van der Waals surface area contributed by atoms with Crippen LogP contribution in [-0.4, -0.2) is 41.6 Å². The summed E-state index contributed by atoms with van der Waals surface area (Å²) in [4.78, 5) is 12.5. The Morgan fingerprint density at radius 3 is 2.66 bits per heavy atom. The fourth-order valence-electron chi connectivity index (χ4n) is 3.40. The summed E-state index contributed by atoms with van der Waals surface area (Å²) in [5.41, 5.74) is 3.57. The number of thiophene rings is 1. The number of hydrogen-bond acceptors (Lipinski definition) is 6. The van der Waals surface area contributed by atoms with Gasteiger partial charge in [-0.1, -0.05) is 23.8 Å². The molecule has 7 nitrogen and oxygen atoms in total. The zero-order valence-electron chi connectivity index (χ0n) is 16.2. The summed E-state index contributed by atoms with van der Waals surface area (Å²) in [7, 11) is -3.61. The van der Waals surface area contributed by atoms with Crippen molar-refractivity contribution in [1.29, 1.82) is 0 Å². The van der Waals surface area contributed by atoms with E-state index in [1.165, 1.54) is 15.6 Å². The van der Waals surface area contributed by atoms with Gasteiger partial charge in [-0.2, -0.15) is 9.40 Å². The molecule has 152 valence electrons. The summed E-state index contributed by atoms with van der Waals surface area (Å²) in [5, 5.41) is 6.25. The van der Waals surface area contributed by atoms with Crippen molar-refractivity contribution in [2.75, 3.05) is 13.2 Å². The number of carbonyl (C=O) groups is 1. The van der Waals surface area contributed by atoms with E-state index in [-0.39, 0.29) is 18.8 Å². The molecule has 0 saturated carbocycles. The molecule has 9 heteroatoms. The molecular formula is C20H21N3O4S2. The maximum absolute atomic E-state index is 13.0. The van der Waals surface area contributed by atoms with Crippen molar-refractivity contribution in [3.63, 3.8) is 0 Å². The number of carbonyl (C=O) groups excluding carboxylic acids is 1. The first kappa shape index (κ1) is 19.8. The first-order valence-corrected chi connectivity index (χ1v) is 11.6. The van der Waals surface area contributed by atoms with E-state index in [0.717, 1.165) is 16.9 Å². The Labute approximate surface area is 173 Å². The van der Waals surface area contributed by atoms with Crippen molar-refractivity contribution >= 4 is 27.3 Å². The minimum absolute atomic E-state index is 0.0928. The van der Waals surface area contributed by atoms with E-state index in [4.69, 9.17) is 4.74 Å². The van der Waals surface area contributed by atoms with E-state index in [0.29, 0.717) is 22.7 Å². The smallest absolute Gasteiger partial charge is 0.359 e. The van der Waals surface area contributed by atoms with Crippen LogP contribution in [0.3, 0.4) is 0 Å². The minimum atomic E-state index is -3.61. The fourth-order valence-corrected chi connectivity index (χ4v) is 5.95. The highest BCUT2D eigenvalue weighted by Gasteiger charge is 2.35.